The fraction of sp³-hybridized carbons (Fsp3) is 1.00. The number of nitrogens with zero attached hydrogens (tertiary/aromatic N) is 1. The zero-order valence-electron chi connectivity index (χ0n) is 10.8. The highest BCUT2D eigenvalue weighted by molar-refractivity contribution is 4.79. The second-order valence-corrected chi connectivity index (χ2v) is 6.00. The minimum atomic E-state index is 0.827. The van der Waals surface area contributed by atoms with Gasteiger partial charge >= 0.3 is 0 Å². The molecule has 0 radical (unpaired) electrons. The fourth-order valence-corrected chi connectivity index (χ4v) is 3.55. The molecule has 2 fully saturated rings. The molecule has 2 aliphatic rings. The average Bonchev–Trinajstić information content (AvgIpc) is 2.83. The molecule has 0 heterocycles. The average molecular weight is 224 g/mol. The van der Waals surface area contributed by atoms with E-state index < -0.39 is 0 Å². The van der Waals surface area contributed by atoms with E-state index in [9.17, 15) is 0 Å². The van der Waals surface area contributed by atoms with E-state index in [0.29, 0.717) is 0 Å². The first-order valence-electron chi connectivity index (χ1n) is 7.20. The van der Waals surface area contributed by atoms with Crippen LogP contribution in [0.4, 0.5) is 0 Å². The minimum Gasteiger partial charge on any atom is -0.330 e. The molecule has 0 saturated heterocycles. The van der Waals surface area contributed by atoms with Gasteiger partial charge in [0.05, 0.1) is 0 Å². The first-order chi connectivity index (χ1) is 7.79. The Kier molecular flexibility index (Phi) is 4.66. The van der Waals surface area contributed by atoms with Crippen LogP contribution in [0.2, 0.25) is 0 Å². The van der Waals surface area contributed by atoms with Crippen LogP contribution in [0.3, 0.4) is 0 Å². The third-order valence-electron chi connectivity index (χ3n) is 4.79. The van der Waals surface area contributed by atoms with Crippen molar-refractivity contribution in [3.63, 3.8) is 0 Å². The summed E-state index contributed by atoms with van der Waals surface area (Å²) in [7, 11) is 2.34. The van der Waals surface area contributed by atoms with E-state index in [1.807, 2.05) is 0 Å². The second kappa shape index (κ2) is 6.02. The summed E-state index contributed by atoms with van der Waals surface area (Å²) in [5.74, 6) is 1.78. The Balaban J connectivity index is 1.69. The molecule has 0 amide bonds. The van der Waals surface area contributed by atoms with E-state index >= 15 is 0 Å². The standard InChI is InChI=1S/C14H28N2/c1-16(14-4-2-3-5-14)11-13-8-6-12(10-15)7-9-13/h12-14H,2-11,15H2,1H3. The Morgan fingerprint density at radius 3 is 2.06 bits per heavy atom. The van der Waals surface area contributed by atoms with Gasteiger partial charge < -0.3 is 10.6 Å². The summed E-state index contributed by atoms with van der Waals surface area (Å²) in [4.78, 5) is 2.64. The van der Waals surface area contributed by atoms with Crippen molar-refractivity contribution >= 4 is 0 Å². The van der Waals surface area contributed by atoms with Crippen LogP contribution in [0.25, 0.3) is 0 Å². The Morgan fingerprint density at radius 1 is 0.938 bits per heavy atom. The van der Waals surface area contributed by atoms with Crippen molar-refractivity contribution in [3.8, 4) is 0 Å². The number of nitrogens with two attached hydrogens (primary N) is 1. The highest BCUT2D eigenvalue weighted by Crippen LogP contribution is 2.30. The van der Waals surface area contributed by atoms with E-state index in [1.165, 1.54) is 57.9 Å². The Hall–Kier alpha value is -0.0800. The van der Waals surface area contributed by atoms with Gasteiger partial charge in [-0.05, 0) is 64.0 Å². The van der Waals surface area contributed by atoms with Crippen LogP contribution in [0.1, 0.15) is 51.4 Å². The Labute approximate surface area is 101 Å². The van der Waals surface area contributed by atoms with Crippen LogP contribution in [0, 0.1) is 11.8 Å². The van der Waals surface area contributed by atoms with Crippen LogP contribution in [-0.2, 0) is 0 Å². The molecular weight excluding hydrogens is 196 g/mol. The summed E-state index contributed by atoms with van der Waals surface area (Å²) in [6, 6.07) is 0.896. The lowest BCUT2D eigenvalue weighted by Crippen LogP contribution is -2.35. The molecule has 2 heteroatoms. The van der Waals surface area contributed by atoms with Gasteiger partial charge in [-0.2, -0.15) is 0 Å². The lowest BCUT2D eigenvalue weighted by atomic mass is 9.82. The van der Waals surface area contributed by atoms with Crippen molar-refractivity contribution in [1.29, 1.82) is 0 Å². The molecule has 0 bridgehead atoms. The topological polar surface area (TPSA) is 29.3 Å². The molecule has 0 aromatic carbocycles. The third kappa shape index (κ3) is 3.21. The maximum atomic E-state index is 5.74. The molecule has 0 unspecified atom stereocenters. The normalized spacial score (nSPS) is 32.4. The molecule has 2 nitrogen and oxygen atoms in total. The third-order valence-corrected chi connectivity index (χ3v) is 4.79. The van der Waals surface area contributed by atoms with Crippen molar-refractivity contribution in [2.75, 3.05) is 20.1 Å². The van der Waals surface area contributed by atoms with E-state index in [-0.39, 0.29) is 0 Å². The van der Waals surface area contributed by atoms with Gasteiger partial charge in [0.25, 0.3) is 0 Å². The van der Waals surface area contributed by atoms with Gasteiger partial charge in [-0.1, -0.05) is 12.8 Å². The summed E-state index contributed by atoms with van der Waals surface area (Å²) in [5.41, 5.74) is 5.74. The van der Waals surface area contributed by atoms with Gasteiger partial charge in [-0.15, -0.1) is 0 Å². The van der Waals surface area contributed by atoms with Crippen molar-refractivity contribution in [3.05, 3.63) is 0 Å². The SMILES string of the molecule is CN(CC1CCC(CN)CC1)C1CCCC1. The van der Waals surface area contributed by atoms with Crippen LogP contribution in [0.5, 0.6) is 0 Å². The van der Waals surface area contributed by atoms with Gasteiger partial charge in [-0.25, -0.2) is 0 Å². The van der Waals surface area contributed by atoms with E-state index in [1.54, 1.807) is 0 Å². The number of hydrogen-bond acceptors (Lipinski definition) is 2. The van der Waals surface area contributed by atoms with Crippen LogP contribution < -0.4 is 5.73 Å². The summed E-state index contributed by atoms with van der Waals surface area (Å²) in [6.45, 7) is 2.24. The molecule has 2 saturated carbocycles. The predicted molar refractivity (Wildman–Crippen MR) is 69.4 cm³/mol. The molecule has 0 aromatic heterocycles. The summed E-state index contributed by atoms with van der Waals surface area (Å²) >= 11 is 0. The summed E-state index contributed by atoms with van der Waals surface area (Å²) in [6.07, 6.45) is 11.4. The Bertz CT molecular complexity index is 191. The molecule has 16 heavy (non-hydrogen) atoms. The van der Waals surface area contributed by atoms with E-state index in [0.717, 1.165) is 24.4 Å². The van der Waals surface area contributed by atoms with Gasteiger partial charge in [0.2, 0.25) is 0 Å². The molecule has 0 aromatic rings. The minimum absolute atomic E-state index is 0.827. The maximum Gasteiger partial charge on any atom is 0.00923 e. The zero-order chi connectivity index (χ0) is 11.4. The first-order valence-corrected chi connectivity index (χ1v) is 7.20. The number of rotatable bonds is 4. The van der Waals surface area contributed by atoms with Gasteiger partial charge in [0.1, 0.15) is 0 Å². The van der Waals surface area contributed by atoms with Crippen molar-refractivity contribution in [2.45, 2.75) is 57.4 Å². The summed E-state index contributed by atoms with van der Waals surface area (Å²) < 4.78 is 0. The molecule has 94 valence electrons. The second-order valence-electron chi connectivity index (χ2n) is 6.00. The number of hydrogen-bond donors (Lipinski definition) is 1. The molecule has 0 aliphatic heterocycles. The molecule has 0 spiro atoms. The molecule has 2 aliphatic carbocycles. The molecule has 2 N–H and O–H groups in total. The van der Waals surface area contributed by atoms with Crippen molar-refractivity contribution in [1.82, 2.24) is 4.90 Å². The largest absolute Gasteiger partial charge is 0.330 e. The van der Waals surface area contributed by atoms with Crippen LogP contribution >= 0.6 is 0 Å². The van der Waals surface area contributed by atoms with Crippen molar-refractivity contribution in [2.24, 2.45) is 17.6 Å². The molecule has 0 atom stereocenters. The zero-order valence-corrected chi connectivity index (χ0v) is 10.8. The Morgan fingerprint density at radius 2 is 1.50 bits per heavy atom. The lowest BCUT2D eigenvalue weighted by Gasteiger charge is -2.33. The summed E-state index contributed by atoms with van der Waals surface area (Å²) in [5, 5.41) is 0. The van der Waals surface area contributed by atoms with Crippen LogP contribution in [0.15, 0.2) is 0 Å². The molecule has 2 rings (SSSR count). The first kappa shape index (κ1) is 12.4. The quantitative estimate of drug-likeness (QED) is 0.795. The predicted octanol–water partition coefficient (Wildman–Crippen LogP) is 2.63. The van der Waals surface area contributed by atoms with Gasteiger partial charge in [0.15, 0.2) is 0 Å². The monoisotopic (exact) mass is 224 g/mol. The maximum absolute atomic E-state index is 5.74. The van der Waals surface area contributed by atoms with Gasteiger partial charge in [0, 0.05) is 12.6 Å². The lowest BCUT2D eigenvalue weighted by molar-refractivity contribution is 0.168. The molecular formula is C14H28N2. The van der Waals surface area contributed by atoms with E-state index in [2.05, 4.69) is 11.9 Å². The van der Waals surface area contributed by atoms with Crippen LogP contribution in [-0.4, -0.2) is 31.1 Å². The van der Waals surface area contributed by atoms with E-state index in [4.69, 9.17) is 5.73 Å². The highest BCUT2D eigenvalue weighted by Gasteiger charge is 2.25. The fourth-order valence-electron chi connectivity index (χ4n) is 3.55. The highest BCUT2D eigenvalue weighted by atomic mass is 15.1. The van der Waals surface area contributed by atoms with Crippen molar-refractivity contribution < 1.29 is 0 Å². The van der Waals surface area contributed by atoms with Gasteiger partial charge in [-0.3, -0.25) is 0 Å². The smallest absolute Gasteiger partial charge is 0.00923 e.